The van der Waals surface area contributed by atoms with Crippen LogP contribution in [0.3, 0.4) is 0 Å². The summed E-state index contributed by atoms with van der Waals surface area (Å²) in [5.41, 5.74) is 4.40. The highest BCUT2D eigenvalue weighted by atomic mass is 16.5. The highest BCUT2D eigenvalue weighted by Crippen LogP contribution is 2.28. The summed E-state index contributed by atoms with van der Waals surface area (Å²) in [7, 11) is 1.48. The largest absolute Gasteiger partial charge is 0.375 e. The van der Waals surface area contributed by atoms with E-state index >= 15 is 0 Å². The van der Waals surface area contributed by atoms with Crippen LogP contribution in [0.15, 0.2) is 42.5 Å². The number of hydrogen-bond donors (Lipinski definition) is 2. The molecule has 0 aliphatic carbocycles. The number of rotatable bonds is 4. The zero-order chi connectivity index (χ0) is 15.5. The molecule has 112 valence electrons. The Morgan fingerprint density at radius 1 is 1.27 bits per heavy atom. The van der Waals surface area contributed by atoms with Gasteiger partial charge in [0.1, 0.15) is 6.61 Å². The Hall–Kier alpha value is -2.66. The molecule has 0 saturated carbocycles. The summed E-state index contributed by atoms with van der Waals surface area (Å²) < 4.78 is 4.80. The minimum Gasteiger partial charge on any atom is -0.375 e. The summed E-state index contributed by atoms with van der Waals surface area (Å²) in [6.07, 6.45) is 0. The van der Waals surface area contributed by atoms with E-state index in [4.69, 9.17) is 4.74 Å². The Bertz CT molecular complexity index is 824. The van der Waals surface area contributed by atoms with E-state index in [1.165, 1.54) is 18.2 Å². The van der Waals surface area contributed by atoms with E-state index in [1.807, 2.05) is 30.3 Å². The van der Waals surface area contributed by atoms with Gasteiger partial charge in [0.05, 0.1) is 5.52 Å². The number of methoxy groups -OCH3 is 1. The lowest BCUT2D eigenvalue weighted by molar-refractivity contribution is -0.119. The van der Waals surface area contributed by atoms with E-state index in [9.17, 15) is 4.79 Å². The van der Waals surface area contributed by atoms with Crippen molar-refractivity contribution < 1.29 is 9.53 Å². The zero-order valence-corrected chi connectivity index (χ0v) is 12.5. The number of aromatic amines is 1. The topological polar surface area (TPSA) is 67.0 Å². The van der Waals surface area contributed by atoms with Gasteiger partial charge >= 0.3 is 0 Å². The first kappa shape index (κ1) is 14.3. The number of hydrogen-bond acceptors (Lipinski definition) is 3. The molecule has 3 rings (SSSR count). The third-order valence-corrected chi connectivity index (χ3v) is 3.55. The SMILES string of the molecule is COCC(=O)Nc1n[nH]c2cc(-c3ccccc3C)ccc12. The monoisotopic (exact) mass is 295 g/mol. The van der Waals surface area contributed by atoms with Crippen molar-refractivity contribution in [1.82, 2.24) is 10.2 Å². The van der Waals surface area contributed by atoms with Gasteiger partial charge in [-0.25, -0.2) is 0 Å². The molecule has 3 aromatic rings. The van der Waals surface area contributed by atoms with Gasteiger partial charge in [-0.1, -0.05) is 30.3 Å². The van der Waals surface area contributed by atoms with Crippen molar-refractivity contribution >= 4 is 22.6 Å². The van der Waals surface area contributed by atoms with Crippen LogP contribution in [-0.2, 0) is 9.53 Å². The van der Waals surface area contributed by atoms with Gasteiger partial charge in [-0.3, -0.25) is 9.89 Å². The van der Waals surface area contributed by atoms with Gasteiger partial charge in [-0.15, -0.1) is 0 Å². The molecule has 2 N–H and O–H groups in total. The molecular formula is C17H17N3O2. The third kappa shape index (κ3) is 2.71. The predicted octanol–water partition coefficient (Wildman–Crippen LogP) is 3.12. The Morgan fingerprint density at radius 2 is 2.09 bits per heavy atom. The van der Waals surface area contributed by atoms with Crippen molar-refractivity contribution in [2.24, 2.45) is 0 Å². The van der Waals surface area contributed by atoms with E-state index < -0.39 is 0 Å². The van der Waals surface area contributed by atoms with Crippen LogP contribution < -0.4 is 5.32 Å². The second-order valence-corrected chi connectivity index (χ2v) is 5.13. The first-order chi connectivity index (χ1) is 10.7. The van der Waals surface area contributed by atoms with Gasteiger partial charge in [0, 0.05) is 12.5 Å². The average Bonchev–Trinajstić information content (AvgIpc) is 2.90. The first-order valence-corrected chi connectivity index (χ1v) is 7.02. The van der Waals surface area contributed by atoms with Gasteiger partial charge in [-0.05, 0) is 35.7 Å². The van der Waals surface area contributed by atoms with Crippen LogP contribution in [0.25, 0.3) is 22.0 Å². The zero-order valence-electron chi connectivity index (χ0n) is 12.5. The number of carbonyl (C=O) groups excluding carboxylic acids is 1. The number of benzene rings is 2. The molecule has 22 heavy (non-hydrogen) atoms. The number of anilines is 1. The molecule has 0 bridgehead atoms. The number of nitrogens with one attached hydrogen (secondary N) is 2. The maximum atomic E-state index is 11.6. The molecule has 0 aliphatic heterocycles. The van der Waals surface area contributed by atoms with Crippen molar-refractivity contribution in [1.29, 1.82) is 0 Å². The highest BCUT2D eigenvalue weighted by molar-refractivity contribution is 6.01. The number of fused-ring (bicyclic) bond motifs is 1. The number of aryl methyl sites for hydroxylation is 1. The standard InChI is InChI=1S/C17H17N3O2/c1-11-5-3-4-6-13(11)12-7-8-14-15(9-12)19-20-17(14)18-16(21)10-22-2/h3-9H,10H2,1-2H3,(H2,18,19,20,21). The van der Waals surface area contributed by atoms with E-state index in [0.717, 1.165) is 16.5 Å². The molecule has 0 aliphatic rings. The van der Waals surface area contributed by atoms with E-state index in [0.29, 0.717) is 5.82 Å². The molecule has 5 heteroatoms. The normalized spacial score (nSPS) is 10.8. The summed E-state index contributed by atoms with van der Waals surface area (Å²) in [5.74, 6) is 0.298. The predicted molar refractivity (Wildman–Crippen MR) is 86.8 cm³/mol. The molecule has 2 aromatic carbocycles. The van der Waals surface area contributed by atoms with Crippen molar-refractivity contribution in [2.75, 3.05) is 19.0 Å². The van der Waals surface area contributed by atoms with E-state index in [1.54, 1.807) is 0 Å². The fourth-order valence-corrected chi connectivity index (χ4v) is 2.48. The van der Waals surface area contributed by atoms with Gasteiger partial charge in [0.2, 0.25) is 0 Å². The number of amides is 1. The molecule has 0 saturated heterocycles. The molecule has 0 unspecified atom stereocenters. The van der Waals surface area contributed by atoms with Gasteiger partial charge in [0.25, 0.3) is 5.91 Å². The Morgan fingerprint density at radius 3 is 2.86 bits per heavy atom. The fourth-order valence-electron chi connectivity index (χ4n) is 2.48. The number of carbonyl (C=O) groups is 1. The lowest BCUT2D eigenvalue weighted by Crippen LogP contribution is -2.17. The van der Waals surface area contributed by atoms with Crippen LogP contribution in [0.4, 0.5) is 5.82 Å². The first-order valence-electron chi connectivity index (χ1n) is 7.02. The molecule has 1 heterocycles. The summed E-state index contributed by atoms with van der Waals surface area (Å²) in [6, 6.07) is 14.3. The smallest absolute Gasteiger partial charge is 0.251 e. The van der Waals surface area contributed by atoms with Crippen molar-refractivity contribution in [3.63, 3.8) is 0 Å². The minimum atomic E-state index is -0.223. The molecular weight excluding hydrogens is 278 g/mol. The van der Waals surface area contributed by atoms with Crippen LogP contribution in [0.1, 0.15) is 5.56 Å². The van der Waals surface area contributed by atoms with Gasteiger partial charge in [0.15, 0.2) is 5.82 Å². The van der Waals surface area contributed by atoms with Crippen LogP contribution in [-0.4, -0.2) is 29.8 Å². The Kier molecular flexibility index (Phi) is 3.89. The van der Waals surface area contributed by atoms with Crippen LogP contribution in [0, 0.1) is 6.92 Å². The molecule has 1 amide bonds. The second-order valence-electron chi connectivity index (χ2n) is 5.13. The molecule has 0 atom stereocenters. The van der Waals surface area contributed by atoms with Crippen molar-refractivity contribution in [3.8, 4) is 11.1 Å². The van der Waals surface area contributed by atoms with Gasteiger partial charge in [-0.2, -0.15) is 5.10 Å². The molecule has 1 aromatic heterocycles. The maximum Gasteiger partial charge on any atom is 0.251 e. The number of nitrogens with zero attached hydrogens (tertiary/aromatic N) is 1. The summed E-state index contributed by atoms with van der Waals surface area (Å²) in [5, 5.41) is 10.7. The van der Waals surface area contributed by atoms with Crippen molar-refractivity contribution in [2.45, 2.75) is 6.92 Å². The Balaban J connectivity index is 1.96. The van der Waals surface area contributed by atoms with E-state index in [2.05, 4.69) is 34.6 Å². The van der Waals surface area contributed by atoms with Crippen LogP contribution >= 0.6 is 0 Å². The molecule has 0 fully saturated rings. The fraction of sp³-hybridized carbons (Fsp3) is 0.176. The molecule has 0 spiro atoms. The maximum absolute atomic E-state index is 11.6. The summed E-state index contributed by atoms with van der Waals surface area (Å²) in [4.78, 5) is 11.6. The average molecular weight is 295 g/mol. The molecule has 5 nitrogen and oxygen atoms in total. The molecule has 0 radical (unpaired) electrons. The highest BCUT2D eigenvalue weighted by Gasteiger charge is 2.10. The second kappa shape index (κ2) is 5.99. The van der Waals surface area contributed by atoms with Gasteiger partial charge < -0.3 is 10.1 Å². The Labute approximate surface area is 128 Å². The summed E-state index contributed by atoms with van der Waals surface area (Å²) >= 11 is 0. The van der Waals surface area contributed by atoms with Crippen LogP contribution in [0.2, 0.25) is 0 Å². The lowest BCUT2D eigenvalue weighted by atomic mass is 10.00. The van der Waals surface area contributed by atoms with E-state index in [-0.39, 0.29) is 12.5 Å². The van der Waals surface area contributed by atoms with Crippen LogP contribution in [0.5, 0.6) is 0 Å². The number of H-pyrrole nitrogens is 1. The number of ether oxygens (including phenoxy) is 1. The minimum absolute atomic E-state index is 0.00957. The quantitative estimate of drug-likeness (QED) is 0.777. The van der Waals surface area contributed by atoms with Crippen molar-refractivity contribution in [3.05, 3.63) is 48.0 Å². The number of aromatic nitrogens is 2. The third-order valence-electron chi connectivity index (χ3n) is 3.55. The lowest BCUT2D eigenvalue weighted by Gasteiger charge is -2.06. The summed E-state index contributed by atoms with van der Waals surface area (Å²) in [6.45, 7) is 2.10.